The molecule has 2 fully saturated rings. The van der Waals surface area contributed by atoms with Crippen LogP contribution < -0.4 is 10.4 Å². The number of rotatable bonds is 7. The molecule has 1 aliphatic heterocycles. The first kappa shape index (κ1) is 24.5. The van der Waals surface area contributed by atoms with E-state index in [1.54, 1.807) is 4.90 Å². The minimum Gasteiger partial charge on any atom is -0.382 e. The highest BCUT2D eigenvalue weighted by Crippen LogP contribution is 2.33. The van der Waals surface area contributed by atoms with Crippen molar-refractivity contribution in [2.75, 3.05) is 24.5 Å². The fraction of sp³-hybridized carbons (Fsp3) is 0.680. The van der Waals surface area contributed by atoms with E-state index in [1.807, 2.05) is 20.8 Å². The average molecular weight is 446 g/mol. The van der Waals surface area contributed by atoms with Crippen LogP contribution in [0.4, 0.5) is 5.69 Å². The monoisotopic (exact) mass is 445 g/mol. The molecule has 1 saturated carbocycles. The minimum absolute atomic E-state index is 0.0479. The standard InChI is InChI=1S/C25H39N3O4/c1-17(2)15-22(23(29)24(30)26-32)25(31)28-14-13-27(16-18(28)3)21-11-9-20(10-12-21)19-7-5-4-6-8-19/h9-12,17-19,22-23,29,32H,4-8,13-16H2,1-3H3,(H,26,30)/t18-,22+,23+/m1/s1. The van der Waals surface area contributed by atoms with Gasteiger partial charge in [0.1, 0.15) is 6.10 Å². The second-order valence-corrected chi connectivity index (χ2v) is 9.91. The summed E-state index contributed by atoms with van der Waals surface area (Å²) in [4.78, 5) is 29.1. The number of carbonyl (C=O) groups excluding carboxylic acids is 2. The minimum atomic E-state index is -1.56. The number of benzene rings is 1. The van der Waals surface area contributed by atoms with E-state index in [9.17, 15) is 14.7 Å². The summed E-state index contributed by atoms with van der Waals surface area (Å²) in [5.74, 6) is -1.22. The van der Waals surface area contributed by atoms with Crippen LogP contribution >= 0.6 is 0 Å². The first-order valence-electron chi connectivity index (χ1n) is 12.1. The Morgan fingerprint density at radius 1 is 1.09 bits per heavy atom. The Morgan fingerprint density at radius 2 is 1.75 bits per heavy atom. The molecule has 3 N–H and O–H groups in total. The lowest BCUT2D eigenvalue weighted by molar-refractivity contribution is -0.152. The number of anilines is 1. The molecule has 178 valence electrons. The molecule has 0 bridgehead atoms. The van der Waals surface area contributed by atoms with Crippen molar-refractivity contribution >= 4 is 17.5 Å². The molecular formula is C25H39N3O4. The van der Waals surface area contributed by atoms with Gasteiger partial charge in [0.25, 0.3) is 5.91 Å². The molecule has 1 aliphatic carbocycles. The van der Waals surface area contributed by atoms with Gasteiger partial charge in [-0.15, -0.1) is 0 Å². The molecule has 7 heteroatoms. The quantitative estimate of drug-likeness (QED) is 0.442. The first-order valence-corrected chi connectivity index (χ1v) is 12.1. The summed E-state index contributed by atoms with van der Waals surface area (Å²) in [5, 5.41) is 19.3. The predicted molar refractivity (Wildman–Crippen MR) is 125 cm³/mol. The van der Waals surface area contributed by atoms with Gasteiger partial charge in [0.05, 0.1) is 5.92 Å². The van der Waals surface area contributed by atoms with Gasteiger partial charge >= 0.3 is 0 Å². The lowest BCUT2D eigenvalue weighted by Gasteiger charge is -2.43. The molecule has 7 nitrogen and oxygen atoms in total. The van der Waals surface area contributed by atoms with Crippen LogP contribution in [0.2, 0.25) is 0 Å². The molecule has 3 atom stereocenters. The first-order chi connectivity index (χ1) is 15.3. The zero-order chi connectivity index (χ0) is 23.3. The Balaban J connectivity index is 1.64. The van der Waals surface area contributed by atoms with Gasteiger partial charge in [-0.2, -0.15) is 0 Å². The maximum Gasteiger partial charge on any atom is 0.272 e. The van der Waals surface area contributed by atoms with Gasteiger partial charge < -0.3 is 14.9 Å². The van der Waals surface area contributed by atoms with Crippen molar-refractivity contribution in [3.05, 3.63) is 29.8 Å². The highest BCUT2D eigenvalue weighted by Gasteiger charge is 2.38. The zero-order valence-corrected chi connectivity index (χ0v) is 19.7. The van der Waals surface area contributed by atoms with Crippen molar-refractivity contribution in [3.63, 3.8) is 0 Å². The molecule has 1 saturated heterocycles. The molecule has 1 aromatic carbocycles. The largest absolute Gasteiger partial charge is 0.382 e. The summed E-state index contributed by atoms with van der Waals surface area (Å²) in [6.07, 6.45) is 5.40. The van der Waals surface area contributed by atoms with Gasteiger partial charge in [-0.25, -0.2) is 5.48 Å². The lowest BCUT2D eigenvalue weighted by Crippen LogP contribution is -2.57. The second-order valence-electron chi connectivity index (χ2n) is 9.91. The molecule has 0 spiro atoms. The zero-order valence-electron chi connectivity index (χ0n) is 19.7. The maximum atomic E-state index is 13.3. The number of nitrogens with one attached hydrogen (secondary N) is 1. The number of aliphatic hydroxyl groups excluding tert-OH is 1. The molecule has 32 heavy (non-hydrogen) atoms. The molecular weight excluding hydrogens is 406 g/mol. The SMILES string of the molecule is CC(C)C[C@H](C(=O)N1CCN(c2ccc(C3CCCCC3)cc2)C[C@H]1C)[C@H](O)C(=O)NO. The second kappa shape index (κ2) is 11.1. The number of amides is 2. The van der Waals surface area contributed by atoms with Gasteiger partial charge in [-0.3, -0.25) is 14.8 Å². The van der Waals surface area contributed by atoms with Crippen LogP contribution in [-0.2, 0) is 9.59 Å². The van der Waals surface area contributed by atoms with E-state index >= 15 is 0 Å². The highest BCUT2D eigenvalue weighted by atomic mass is 16.5. The number of nitrogens with zero attached hydrogens (tertiary/aromatic N) is 2. The normalized spacial score (nSPS) is 22.0. The molecule has 2 amide bonds. The Kier molecular flexibility index (Phi) is 8.54. The summed E-state index contributed by atoms with van der Waals surface area (Å²) < 4.78 is 0. The Labute approximate surface area is 191 Å². The van der Waals surface area contributed by atoms with Gasteiger partial charge in [0, 0.05) is 31.4 Å². The summed E-state index contributed by atoms with van der Waals surface area (Å²) in [7, 11) is 0. The number of hydroxylamine groups is 1. The summed E-state index contributed by atoms with van der Waals surface area (Å²) in [5.41, 5.74) is 4.08. The third-order valence-electron chi connectivity index (χ3n) is 7.05. The van der Waals surface area contributed by atoms with Gasteiger partial charge in [-0.05, 0) is 55.7 Å². The Hall–Kier alpha value is -2.12. The van der Waals surface area contributed by atoms with Crippen molar-refractivity contribution in [1.29, 1.82) is 0 Å². The Bertz CT molecular complexity index is 761. The topological polar surface area (TPSA) is 93.1 Å². The predicted octanol–water partition coefficient (Wildman–Crippen LogP) is 3.30. The molecule has 1 heterocycles. The van der Waals surface area contributed by atoms with Crippen molar-refractivity contribution in [1.82, 2.24) is 10.4 Å². The molecule has 1 aromatic rings. The third kappa shape index (κ3) is 5.81. The maximum absolute atomic E-state index is 13.3. The van der Waals surface area contributed by atoms with E-state index in [0.29, 0.717) is 32.0 Å². The van der Waals surface area contributed by atoms with Crippen LogP contribution in [0.5, 0.6) is 0 Å². The number of piperazine rings is 1. The fourth-order valence-corrected chi connectivity index (χ4v) is 5.25. The van der Waals surface area contributed by atoms with Crippen molar-refractivity contribution in [2.45, 2.75) is 77.4 Å². The van der Waals surface area contributed by atoms with Crippen molar-refractivity contribution in [2.24, 2.45) is 11.8 Å². The van der Waals surface area contributed by atoms with Crippen LogP contribution in [-0.4, -0.2) is 58.8 Å². The lowest BCUT2D eigenvalue weighted by atomic mass is 9.84. The van der Waals surface area contributed by atoms with E-state index in [0.717, 1.165) is 0 Å². The molecule has 0 aromatic heterocycles. The highest BCUT2D eigenvalue weighted by molar-refractivity contribution is 5.89. The van der Waals surface area contributed by atoms with E-state index in [1.165, 1.54) is 48.8 Å². The molecule has 2 aliphatic rings. The molecule has 0 unspecified atom stereocenters. The van der Waals surface area contributed by atoms with Crippen LogP contribution in [0.25, 0.3) is 0 Å². The van der Waals surface area contributed by atoms with E-state index in [2.05, 4.69) is 29.2 Å². The Morgan fingerprint density at radius 3 is 2.31 bits per heavy atom. The van der Waals surface area contributed by atoms with Gasteiger partial charge in [0.2, 0.25) is 5.91 Å². The fourth-order valence-electron chi connectivity index (χ4n) is 5.25. The van der Waals surface area contributed by atoms with Crippen LogP contribution in [0, 0.1) is 11.8 Å². The summed E-state index contributed by atoms with van der Waals surface area (Å²) in [6, 6.07) is 8.87. The molecule has 0 radical (unpaired) electrons. The van der Waals surface area contributed by atoms with Crippen LogP contribution in [0.15, 0.2) is 24.3 Å². The third-order valence-corrected chi connectivity index (χ3v) is 7.05. The summed E-state index contributed by atoms with van der Waals surface area (Å²) in [6.45, 7) is 7.84. The van der Waals surface area contributed by atoms with Crippen LogP contribution in [0.3, 0.4) is 0 Å². The van der Waals surface area contributed by atoms with Gasteiger partial charge in [0.15, 0.2) is 0 Å². The summed E-state index contributed by atoms with van der Waals surface area (Å²) >= 11 is 0. The van der Waals surface area contributed by atoms with Crippen molar-refractivity contribution < 1.29 is 19.9 Å². The molecule has 3 rings (SSSR count). The smallest absolute Gasteiger partial charge is 0.272 e. The number of carbonyl (C=O) groups is 2. The average Bonchev–Trinajstić information content (AvgIpc) is 2.81. The number of aliphatic hydroxyl groups is 1. The number of hydrogen-bond donors (Lipinski definition) is 3. The van der Waals surface area contributed by atoms with E-state index < -0.39 is 17.9 Å². The van der Waals surface area contributed by atoms with E-state index in [4.69, 9.17) is 5.21 Å². The van der Waals surface area contributed by atoms with Crippen LogP contribution in [0.1, 0.15) is 70.8 Å². The van der Waals surface area contributed by atoms with Gasteiger partial charge in [-0.1, -0.05) is 45.2 Å². The number of hydrogen-bond acceptors (Lipinski definition) is 5. The van der Waals surface area contributed by atoms with E-state index in [-0.39, 0.29) is 17.9 Å². The van der Waals surface area contributed by atoms with Crippen molar-refractivity contribution in [3.8, 4) is 0 Å².